The lowest BCUT2D eigenvalue weighted by Crippen LogP contribution is -2.45. The summed E-state index contributed by atoms with van der Waals surface area (Å²) in [6.07, 6.45) is -4.83. The Bertz CT molecular complexity index is 1360. The number of halogens is 3. The van der Waals surface area contributed by atoms with Gasteiger partial charge in [-0.15, -0.1) is 23.4 Å². The summed E-state index contributed by atoms with van der Waals surface area (Å²) < 4.78 is 45.6. The van der Waals surface area contributed by atoms with Crippen LogP contribution in [0.1, 0.15) is 40.1 Å². The Labute approximate surface area is 215 Å². The zero-order valence-corrected chi connectivity index (χ0v) is 20.6. The monoisotopic (exact) mass is 528 g/mol. The highest BCUT2D eigenvalue weighted by Crippen LogP contribution is 2.31. The number of aromatic nitrogens is 2. The van der Waals surface area contributed by atoms with E-state index in [9.17, 15) is 27.6 Å². The van der Waals surface area contributed by atoms with Crippen LogP contribution in [0.5, 0.6) is 5.75 Å². The second-order valence-corrected chi connectivity index (χ2v) is 8.85. The molecule has 0 fully saturated rings. The molecule has 1 aromatic heterocycles. The van der Waals surface area contributed by atoms with Gasteiger partial charge in [-0.1, -0.05) is 26.0 Å². The Hall–Kier alpha value is -4.48. The molecule has 0 saturated heterocycles. The highest BCUT2D eigenvalue weighted by atomic mass is 19.4. The molecule has 0 aliphatic carbocycles. The van der Waals surface area contributed by atoms with Crippen LogP contribution in [0.15, 0.2) is 54.6 Å². The van der Waals surface area contributed by atoms with Gasteiger partial charge in [-0.3, -0.25) is 9.59 Å². The summed E-state index contributed by atoms with van der Waals surface area (Å²) in [5.41, 5.74) is 2.38. The lowest BCUT2D eigenvalue weighted by atomic mass is 10.0. The Morgan fingerprint density at radius 1 is 1.03 bits per heavy atom. The van der Waals surface area contributed by atoms with Crippen LogP contribution >= 0.6 is 0 Å². The number of hydrogen-bond acceptors (Lipinski definition) is 7. The van der Waals surface area contributed by atoms with Crippen LogP contribution in [-0.4, -0.2) is 52.4 Å². The van der Waals surface area contributed by atoms with E-state index >= 15 is 0 Å². The Kier molecular flexibility index (Phi) is 7.33. The molecule has 1 unspecified atom stereocenters. The van der Waals surface area contributed by atoms with Crippen LogP contribution in [0, 0.1) is 5.92 Å². The first kappa shape index (κ1) is 26.6. The molecule has 2 heterocycles. The summed E-state index contributed by atoms with van der Waals surface area (Å²) in [7, 11) is 1.29. The van der Waals surface area contributed by atoms with Crippen molar-refractivity contribution >= 4 is 23.6 Å². The molecule has 198 valence electrons. The van der Waals surface area contributed by atoms with Crippen LogP contribution in [-0.2, 0) is 16.1 Å². The maximum absolute atomic E-state index is 13.1. The molecule has 0 radical (unpaired) electrons. The third-order valence-corrected chi connectivity index (χ3v) is 5.90. The lowest BCUT2D eigenvalue weighted by Gasteiger charge is -2.28. The Morgan fingerprint density at radius 3 is 2.32 bits per heavy atom. The quantitative estimate of drug-likeness (QED) is 0.451. The SMILES string of the molecule is COC(=O)C(C(C)C)N1Cc2ccc(-c3ccc(NC(=O)c4ccc(OC(F)(F)F)cc4)nn3)cc2C1=O. The standard InChI is InChI=1S/C26H23F3N4O5/c1-14(2)22(25(36)37-3)33-13-17-5-4-16(12-19(17)24(33)35)20-10-11-21(32-31-20)30-23(34)15-6-8-18(9-7-15)38-26(27,28)29/h4-12,14,22H,13H2,1-3H3,(H,30,32,34). The number of anilines is 1. The van der Waals surface area contributed by atoms with Crippen molar-refractivity contribution in [3.8, 4) is 17.0 Å². The largest absolute Gasteiger partial charge is 0.573 e. The van der Waals surface area contributed by atoms with Gasteiger partial charge in [0, 0.05) is 23.2 Å². The van der Waals surface area contributed by atoms with Crippen LogP contribution in [0.25, 0.3) is 11.3 Å². The Morgan fingerprint density at radius 2 is 1.74 bits per heavy atom. The van der Waals surface area contributed by atoms with Gasteiger partial charge in [0.1, 0.15) is 11.8 Å². The van der Waals surface area contributed by atoms with Gasteiger partial charge < -0.3 is 19.7 Å². The molecule has 1 aliphatic rings. The number of ether oxygens (including phenoxy) is 2. The Balaban J connectivity index is 1.46. The molecule has 3 aromatic rings. The van der Waals surface area contributed by atoms with Gasteiger partial charge in [0.2, 0.25) is 0 Å². The average molecular weight is 528 g/mol. The summed E-state index contributed by atoms with van der Waals surface area (Å²) in [6, 6.07) is 12.1. The van der Waals surface area contributed by atoms with Gasteiger partial charge in [0.15, 0.2) is 5.82 Å². The van der Waals surface area contributed by atoms with Crippen molar-refractivity contribution in [1.82, 2.24) is 15.1 Å². The van der Waals surface area contributed by atoms with Crippen LogP contribution < -0.4 is 10.1 Å². The van der Waals surface area contributed by atoms with E-state index in [-0.39, 0.29) is 29.8 Å². The third-order valence-electron chi connectivity index (χ3n) is 5.90. The van der Waals surface area contributed by atoms with Crippen LogP contribution in [0.4, 0.5) is 19.0 Å². The van der Waals surface area contributed by atoms with Gasteiger partial charge in [-0.05, 0) is 53.9 Å². The van der Waals surface area contributed by atoms with Crippen molar-refractivity contribution in [2.45, 2.75) is 32.8 Å². The summed E-state index contributed by atoms with van der Waals surface area (Å²) >= 11 is 0. The number of carbonyl (C=O) groups is 3. The molecule has 0 saturated carbocycles. The number of alkyl halides is 3. The fourth-order valence-corrected chi connectivity index (χ4v) is 4.14. The first-order valence-electron chi connectivity index (χ1n) is 11.5. The number of benzene rings is 2. The van der Waals surface area contributed by atoms with Crippen molar-refractivity contribution in [1.29, 1.82) is 0 Å². The summed E-state index contributed by atoms with van der Waals surface area (Å²) in [6.45, 7) is 3.97. The van der Waals surface area contributed by atoms with E-state index < -0.39 is 30.0 Å². The van der Waals surface area contributed by atoms with E-state index in [1.165, 1.54) is 30.2 Å². The average Bonchev–Trinajstić information content (AvgIpc) is 3.19. The van der Waals surface area contributed by atoms with Crippen molar-refractivity contribution in [2.75, 3.05) is 12.4 Å². The number of esters is 1. The van der Waals surface area contributed by atoms with E-state index in [1.54, 1.807) is 24.3 Å². The van der Waals surface area contributed by atoms with Crippen molar-refractivity contribution in [3.05, 3.63) is 71.3 Å². The van der Waals surface area contributed by atoms with Gasteiger partial charge in [0.25, 0.3) is 11.8 Å². The van der Waals surface area contributed by atoms with Gasteiger partial charge >= 0.3 is 12.3 Å². The second kappa shape index (κ2) is 10.5. The van der Waals surface area contributed by atoms with Gasteiger partial charge in [-0.25, -0.2) is 4.79 Å². The number of hydrogen-bond donors (Lipinski definition) is 1. The normalized spacial score (nSPS) is 13.8. The minimum Gasteiger partial charge on any atom is -0.467 e. The molecule has 0 bridgehead atoms. The molecular weight excluding hydrogens is 505 g/mol. The second-order valence-electron chi connectivity index (χ2n) is 8.85. The summed E-state index contributed by atoms with van der Waals surface area (Å²) in [5.74, 6) is -1.82. The van der Waals surface area contributed by atoms with E-state index in [1.807, 2.05) is 13.8 Å². The number of amides is 2. The molecule has 1 atom stereocenters. The zero-order valence-electron chi connectivity index (χ0n) is 20.6. The number of nitrogens with zero attached hydrogens (tertiary/aromatic N) is 3. The van der Waals surface area contributed by atoms with Crippen LogP contribution in [0.3, 0.4) is 0 Å². The number of nitrogens with one attached hydrogen (secondary N) is 1. The molecule has 2 amide bonds. The van der Waals surface area contributed by atoms with E-state index in [4.69, 9.17) is 4.74 Å². The topological polar surface area (TPSA) is 111 Å². The summed E-state index contributed by atoms with van der Waals surface area (Å²) in [5, 5.41) is 10.6. The maximum Gasteiger partial charge on any atom is 0.573 e. The highest BCUT2D eigenvalue weighted by Gasteiger charge is 2.39. The predicted octanol–water partition coefficient (Wildman–Crippen LogP) is 4.45. The molecule has 12 heteroatoms. The first-order chi connectivity index (χ1) is 18.0. The molecule has 9 nitrogen and oxygen atoms in total. The molecule has 4 rings (SSSR count). The molecule has 2 aromatic carbocycles. The van der Waals surface area contributed by atoms with Crippen molar-refractivity contribution in [2.24, 2.45) is 5.92 Å². The number of fused-ring (bicyclic) bond motifs is 1. The lowest BCUT2D eigenvalue weighted by molar-refractivity contribution is -0.274. The number of methoxy groups -OCH3 is 1. The van der Waals surface area contributed by atoms with E-state index in [0.29, 0.717) is 16.8 Å². The van der Waals surface area contributed by atoms with E-state index in [2.05, 4.69) is 20.3 Å². The van der Waals surface area contributed by atoms with Gasteiger partial charge in [0.05, 0.1) is 12.8 Å². The van der Waals surface area contributed by atoms with Crippen LogP contribution in [0.2, 0.25) is 0 Å². The maximum atomic E-state index is 13.1. The van der Waals surface area contributed by atoms with Crippen molar-refractivity contribution < 1.29 is 37.0 Å². The van der Waals surface area contributed by atoms with Crippen molar-refractivity contribution in [3.63, 3.8) is 0 Å². The predicted molar refractivity (Wildman–Crippen MR) is 129 cm³/mol. The minimum atomic E-state index is -4.83. The molecule has 0 spiro atoms. The third kappa shape index (κ3) is 5.74. The minimum absolute atomic E-state index is 0.0961. The molecule has 1 aliphatic heterocycles. The van der Waals surface area contributed by atoms with Gasteiger partial charge in [-0.2, -0.15) is 0 Å². The van der Waals surface area contributed by atoms with E-state index in [0.717, 1.165) is 17.7 Å². The smallest absolute Gasteiger partial charge is 0.467 e. The fourth-order valence-electron chi connectivity index (χ4n) is 4.14. The number of carbonyl (C=O) groups excluding carboxylic acids is 3. The highest BCUT2D eigenvalue weighted by molar-refractivity contribution is 6.04. The first-order valence-corrected chi connectivity index (χ1v) is 11.5. The molecule has 38 heavy (non-hydrogen) atoms. The number of rotatable bonds is 7. The zero-order chi connectivity index (χ0) is 27.6. The molecular formula is C26H23F3N4O5. The molecule has 1 N–H and O–H groups in total. The summed E-state index contributed by atoms with van der Waals surface area (Å²) in [4.78, 5) is 39.3. The fraction of sp³-hybridized carbons (Fsp3) is 0.269.